The molecule has 2 heterocycles. The fraction of sp³-hybridized carbons (Fsp3) is 0.233. The number of sulfonamides is 1. The van der Waals surface area contributed by atoms with Crippen LogP contribution in [-0.2, 0) is 37.4 Å². The van der Waals surface area contributed by atoms with Gasteiger partial charge in [-0.05, 0) is 53.9 Å². The highest BCUT2D eigenvalue weighted by Gasteiger charge is 2.42. The number of hydrogen-bond donors (Lipinski definition) is 3. The molecule has 0 aromatic heterocycles. The van der Waals surface area contributed by atoms with Crippen LogP contribution in [0.2, 0.25) is 0 Å². The lowest BCUT2D eigenvalue weighted by Crippen LogP contribution is -2.46. The topological polar surface area (TPSA) is 173 Å². The molecule has 3 aromatic carbocycles. The van der Waals surface area contributed by atoms with E-state index in [1.165, 1.54) is 12.1 Å². The van der Waals surface area contributed by atoms with Gasteiger partial charge in [0.15, 0.2) is 5.17 Å². The van der Waals surface area contributed by atoms with E-state index in [4.69, 9.17) is 14.9 Å². The molecule has 5 rings (SSSR count). The second kappa shape index (κ2) is 13.4. The number of para-hydroxylation sites is 1. The Morgan fingerprint density at radius 2 is 1.66 bits per heavy atom. The maximum absolute atomic E-state index is 13.1. The summed E-state index contributed by atoms with van der Waals surface area (Å²) in [6.07, 6.45) is 0.348. The Balaban J connectivity index is 1.20. The molecular weight excluding hydrogens is 605 g/mol. The monoisotopic (exact) mass is 634 g/mol. The Bertz CT molecular complexity index is 1740. The number of hydrogen-bond acceptors (Lipinski definition) is 9. The van der Waals surface area contributed by atoms with Crippen molar-refractivity contribution in [2.24, 2.45) is 15.1 Å². The van der Waals surface area contributed by atoms with Crippen LogP contribution in [0.25, 0.3) is 0 Å². The fourth-order valence-electron chi connectivity index (χ4n) is 4.67. The lowest BCUT2D eigenvalue weighted by atomic mass is 10.1. The number of aliphatic imine (C=N–C) groups is 2. The van der Waals surface area contributed by atoms with E-state index in [2.05, 4.69) is 15.6 Å². The summed E-state index contributed by atoms with van der Waals surface area (Å²) in [6.45, 7) is 0.613. The highest BCUT2D eigenvalue weighted by atomic mass is 32.2. The molecule has 0 bridgehead atoms. The maximum atomic E-state index is 13.1. The molecule has 44 heavy (non-hydrogen) atoms. The van der Waals surface area contributed by atoms with Gasteiger partial charge in [-0.1, -0.05) is 48.2 Å². The number of amidine groups is 2. The lowest BCUT2D eigenvalue weighted by Gasteiger charge is -2.30. The molecule has 4 N–H and O–H groups in total. The van der Waals surface area contributed by atoms with Crippen LogP contribution in [0.4, 0.5) is 5.69 Å². The van der Waals surface area contributed by atoms with Crippen molar-refractivity contribution in [1.29, 1.82) is 0 Å². The quantitative estimate of drug-likeness (QED) is 0.288. The van der Waals surface area contributed by atoms with Crippen molar-refractivity contribution in [3.05, 3.63) is 89.5 Å². The molecule has 0 radical (unpaired) electrons. The van der Waals surface area contributed by atoms with E-state index in [0.29, 0.717) is 41.0 Å². The zero-order valence-corrected chi connectivity index (χ0v) is 25.4. The predicted octanol–water partition coefficient (Wildman–Crippen LogP) is 2.10. The summed E-state index contributed by atoms with van der Waals surface area (Å²) in [5.74, 6) is 0.0904. The first-order valence-electron chi connectivity index (χ1n) is 13.6. The van der Waals surface area contributed by atoms with E-state index in [1.807, 2.05) is 30.3 Å². The van der Waals surface area contributed by atoms with Crippen LogP contribution in [-0.4, -0.2) is 67.5 Å². The Labute approximate surface area is 258 Å². The Kier molecular flexibility index (Phi) is 9.42. The number of rotatable bonds is 11. The number of amides is 3. The molecular formula is C30H30N6O6S2. The number of nitrogens with zero attached hydrogens (tertiary/aromatic N) is 3. The van der Waals surface area contributed by atoms with E-state index >= 15 is 0 Å². The van der Waals surface area contributed by atoms with Gasteiger partial charge in [-0.25, -0.2) is 18.5 Å². The summed E-state index contributed by atoms with van der Waals surface area (Å²) in [4.78, 5) is 49.3. The third kappa shape index (κ3) is 7.33. The molecule has 0 fully saturated rings. The molecule has 0 aliphatic carbocycles. The zero-order valence-electron chi connectivity index (χ0n) is 23.7. The molecule has 0 saturated heterocycles. The number of carbonyl (C=O) groups is 3. The first-order valence-corrected chi connectivity index (χ1v) is 16.2. The minimum atomic E-state index is -3.77. The number of benzene rings is 3. The largest absolute Gasteiger partial charge is 0.497 e. The molecule has 1 atom stereocenters. The van der Waals surface area contributed by atoms with Gasteiger partial charge in [0, 0.05) is 18.7 Å². The number of nitrogens with one attached hydrogen (secondary N) is 2. The number of thioether (sulfide) groups is 1. The summed E-state index contributed by atoms with van der Waals surface area (Å²) < 4.78 is 28.0. The van der Waals surface area contributed by atoms with Crippen LogP contribution in [0, 0.1) is 0 Å². The SMILES string of the molecule is COc1ccc(CNC(=O)CC2C(=O)N=C3c4ccccc4N=C(SCC(=O)NCCc4ccc(S(N)(=O)=O)cc4)N32)cc1. The molecule has 2 aliphatic heterocycles. The lowest BCUT2D eigenvalue weighted by molar-refractivity contribution is -0.126. The molecule has 0 spiro atoms. The van der Waals surface area contributed by atoms with Gasteiger partial charge >= 0.3 is 0 Å². The number of ether oxygens (including phenoxy) is 1. The molecule has 3 aromatic rings. The standard InChI is InChI=1S/C30H30N6O6S2/c1-42-21-10-6-20(7-11-21)17-33-26(37)16-25-29(39)35-28-23-4-2-3-5-24(23)34-30(36(25)28)43-18-27(38)32-15-14-19-8-12-22(13-9-19)44(31,40)41/h2-13,25H,14-18H2,1H3,(H,32,38)(H,33,37)(H2,31,40,41). The van der Waals surface area contributed by atoms with Crippen LogP contribution < -0.4 is 20.5 Å². The maximum Gasteiger partial charge on any atom is 0.271 e. The Hall–Kier alpha value is -4.53. The third-order valence-electron chi connectivity index (χ3n) is 6.96. The van der Waals surface area contributed by atoms with Crippen LogP contribution in [0.1, 0.15) is 23.1 Å². The van der Waals surface area contributed by atoms with E-state index in [1.54, 1.807) is 42.3 Å². The minimum absolute atomic E-state index is 0.0136. The Morgan fingerprint density at radius 1 is 0.955 bits per heavy atom. The highest BCUT2D eigenvalue weighted by Crippen LogP contribution is 2.34. The minimum Gasteiger partial charge on any atom is -0.497 e. The second-order valence-corrected chi connectivity index (χ2v) is 12.5. The average molecular weight is 635 g/mol. The van der Waals surface area contributed by atoms with Gasteiger partial charge < -0.3 is 15.4 Å². The van der Waals surface area contributed by atoms with E-state index in [0.717, 1.165) is 22.9 Å². The van der Waals surface area contributed by atoms with Gasteiger partial charge in [0.1, 0.15) is 17.6 Å². The number of nitrogens with two attached hydrogens (primary N) is 1. The summed E-state index contributed by atoms with van der Waals surface area (Å²) in [5, 5.41) is 11.2. The molecule has 3 amide bonds. The van der Waals surface area contributed by atoms with E-state index < -0.39 is 22.0 Å². The van der Waals surface area contributed by atoms with Gasteiger partial charge in [-0.3, -0.25) is 19.3 Å². The molecule has 1 unspecified atom stereocenters. The molecule has 228 valence electrons. The number of carbonyl (C=O) groups excluding carboxylic acids is 3. The van der Waals surface area contributed by atoms with Crippen LogP contribution in [0.3, 0.4) is 0 Å². The van der Waals surface area contributed by atoms with Crippen molar-refractivity contribution in [3.8, 4) is 5.75 Å². The Morgan fingerprint density at radius 3 is 2.36 bits per heavy atom. The van der Waals surface area contributed by atoms with Crippen molar-refractivity contribution in [2.75, 3.05) is 19.4 Å². The van der Waals surface area contributed by atoms with Crippen molar-refractivity contribution in [1.82, 2.24) is 15.5 Å². The van der Waals surface area contributed by atoms with Crippen molar-refractivity contribution >= 4 is 56.2 Å². The highest BCUT2D eigenvalue weighted by molar-refractivity contribution is 8.14. The summed E-state index contributed by atoms with van der Waals surface area (Å²) in [6, 6.07) is 19.8. The molecule has 14 heteroatoms. The average Bonchev–Trinajstić information content (AvgIpc) is 3.34. The number of fused-ring (bicyclic) bond motifs is 3. The smallest absolute Gasteiger partial charge is 0.271 e. The first-order chi connectivity index (χ1) is 21.1. The predicted molar refractivity (Wildman–Crippen MR) is 167 cm³/mol. The van der Waals surface area contributed by atoms with E-state index in [-0.39, 0.29) is 35.4 Å². The molecule has 2 aliphatic rings. The van der Waals surface area contributed by atoms with Crippen LogP contribution >= 0.6 is 11.8 Å². The summed E-state index contributed by atoms with van der Waals surface area (Å²) in [5.41, 5.74) is 3.00. The van der Waals surface area contributed by atoms with Crippen molar-refractivity contribution < 1.29 is 27.5 Å². The molecule has 12 nitrogen and oxygen atoms in total. The number of methoxy groups -OCH3 is 1. The van der Waals surface area contributed by atoms with Gasteiger partial charge in [0.25, 0.3) is 5.91 Å². The van der Waals surface area contributed by atoms with Gasteiger partial charge in [-0.15, -0.1) is 0 Å². The molecule has 0 saturated carbocycles. The second-order valence-electron chi connectivity index (χ2n) is 9.98. The van der Waals surface area contributed by atoms with Crippen LogP contribution in [0.5, 0.6) is 5.75 Å². The van der Waals surface area contributed by atoms with E-state index in [9.17, 15) is 22.8 Å². The third-order valence-corrected chi connectivity index (χ3v) is 8.84. The summed E-state index contributed by atoms with van der Waals surface area (Å²) >= 11 is 1.15. The van der Waals surface area contributed by atoms with Crippen molar-refractivity contribution in [3.63, 3.8) is 0 Å². The fourth-order valence-corrected chi connectivity index (χ4v) is 6.06. The van der Waals surface area contributed by atoms with Crippen molar-refractivity contribution in [2.45, 2.75) is 30.3 Å². The summed E-state index contributed by atoms with van der Waals surface area (Å²) in [7, 11) is -2.19. The normalized spacial score (nSPS) is 15.5. The van der Waals surface area contributed by atoms with Gasteiger partial charge in [0.05, 0.1) is 29.9 Å². The van der Waals surface area contributed by atoms with Gasteiger partial charge in [0.2, 0.25) is 21.8 Å². The van der Waals surface area contributed by atoms with Gasteiger partial charge in [-0.2, -0.15) is 4.99 Å². The zero-order chi connectivity index (χ0) is 31.3. The number of primary sulfonamides is 1. The first kappa shape index (κ1) is 30.9. The van der Waals surface area contributed by atoms with Crippen LogP contribution in [0.15, 0.2) is 87.7 Å².